The lowest BCUT2D eigenvalue weighted by Gasteiger charge is -2.21. The van der Waals surface area contributed by atoms with E-state index >= 15 is 0 Å². The molecule has 0 aromatic carbocycles. The molecule has 0 bridgehead atoms. The van der Waals surface area contributed by atoms with E-state index in [1.165, 1.54) is 128 Å². The summed E-state index contributed by atoms with van der Waals surface area (Å²) in [5.41, 5.74) is 0. The largest absolute Gasteiger partial charge is 0.472 e. The first-order valence-corrected chi connectivity index (χ1v) is 35.8. The van der Waals surface area contributed by atoms with Crippen molar-refractivity contribution in [2.75, 3.05) is 39.6 Å². The number of carbonyl (C=O) groups excluding carboxylic acids is 4. The van der Waals surface area contributed by atoms with Crippen LogP contribution in [0.5, 0.6) is 0 Å². The molecule has 0 aliphatic carbocycles. The summed E-state index contributed by atoms with van der Waals surface area (Å²) in [7, 11) is -9.86. The van der Waals surface area contributed by atoms with Crippen molar-refractivity contribution in [1.82, 2.24) is 0 Å². The maximum Gasteiger partial charge on any atom is 0.472 e. The fourth-order valence-corrected chi connectivity index (χ4v) is 10.9. The highest BCUT2D eigenvalue weighted by Crippen LogP contribution is 2.45. The van der Waals surface area contributed by atoms with Crippen LogP contribution >= 0.6 is 15.6 Å². The number of hydrogen-bond donors (Lipinski definition) is 3. The SMILES string of the molecule is CCCCCCCCCCCCCCCCCCCCCCC(=O)O[C@H](COC(=O)CCCCCCCCCCC)COP(=O)(O)OC[C@@H](O)COP(=O)(O)OC[C@@H](COC(=O)CCCCCCC)OC(=O)CCCCCCCCC. The summed E-state index contributed by atoms with van der Waals surface area (Å²) < 4.78 is 67.5. The van der Waals surface area contributed by atoms with Crippen molar-refractivity contribution in [3.8, 4) is 0 Å². The minimum absolute atomic E-state index is 0.103. The fourth-order valence-electron chi connectivity index (χ4n) is 9.28. The fraction of sp³-hybridized carbons (Fsp3) is 0.935. The third-order valence-electron chi connectivity index (χ3n) is 14.4. The van der Waals surface area contributed by atoms with E-state index in [-0.39, 0.29) is 25.7 Å². The maximum absolute atomic E-state index is 12.9. The first-order chi connectivity index (χ1) is 39.2. The van der Waals surface area contributed by atoms with Crippen molar-refractivity contribution < 1.29 is 80.2 Å². The lowest BCUT2D eigenvalue weighted by Crippen LogP contribution is -2.30. The molecule has 0 aliphatic heterocycles. The van der Waals surface area contributed by atoms with Crippen LogP contribution < -0.4 is 0 Å². The molecular weight excluding hydrogens is 1080 g/mol. The number of phosphoric ester groups is 2. The molecule has 0 radical (unpaired) electrons. The molecule has 2 unspecified atom stereocenters. The summed E-state index contributed by atoms with van der Waals surface area (Å²) in [5, 5.41) is 10.5. The van der Waals surface area contributed by atoms with Crippen LogP contribution in [-0.4, -0.2) is 96.7 Å². The molecule has 19 heteroatoms. The van der Waals surface area contributed by atoms with E-state index in [0.29, 0.717) is 25.7 Å². The van der Waals surface area contributed by atoms with Crippen molar-refractivity contribution in [2.24, 2.45) is 0 Å². The first-order valence-electron chi connectivity index (χ1n) is 32.8. The molecule has 0 saturated heterocycles. The highest BCUT2D eigenvalue weighted by Gasteiger charge is 2.30. The predicted molar refractivity (Wildman–Crippen MR) is 322 cm³/mol. The van der Waals surface area contributed by atoms with E-state index in [0.717, 1.165) is 109 Å². The van der Waals surface area contributed by atoms with Gasteiger partial charge in [0.25, 0.3) is 0 Å². The third kappa shape index (κ3) is 56.9. The Balaban J connectivity index is 5.04. The van der Waals surface area contributed by atoms with Crippen LogP contribution in [0, 0.1) is 0 Å². The van der Waals surface area contributed by atoms with Crippen LogP contribution in [0.4, 0.5) is 0 Å². The number of esters is 4. The number of hydrogen-bond acceptors (Lipinski definition) is 15. The van der Waals surface area contributed by atoms with Crippen molar-refractivity contribution in [1.29, 1.82) is 0 Å². The number of ether oxygens (including phenoxy) is 4. The van der Waals surface area contributed by atoms with Crippen molar-refractivity contribution >= 4 is 39.5 Å². The van der Waals surface area contributed by atoms with Gasteiger partial charge in [0, 0.05) is 25.7 Å². The monoisotopic (exact) mass is 1200 g/mol. The quantitative estimate of drug-likeness (QED) is 0.0222. The van der Waals surface area contributed by atoms with Crippen LogP contribution in [0.2, 0.25) is 0 Å². The smallest absolute Gasteiger partial charge is 0.462 e. The molecule has 5 atom stereocenters. The van der Waals surface area contributed by atoms with Gasteiger partial charge in [-0.2, -0.15) is 0 Å². The predicted octanol–water partition coefficient (Wildman–Crippen LogP) is 17.2. The molecule has 81 heavy (non-hydrogen) atoms. The van der Waals surface area contributed by atoms with E-state index in [1.807, 2.05) is 0 Å². The van der Waals surface area contributed by atoms with E-state index in [9.17, 15) is 43.2 Å². The average molecular weight is 1200 g/mol. The lowest BCUT2D eigenvalue weighted by molar-refractivity contribution is -0.161. The molecule has 3 N–H and O–H groups in total. The zero-order chi connectivity index (χ0) is 59.8. The summed E-state index contributed by atoms with van der Waals surface area (Å²) in [6.07, 6.45) is 42.4. The molecule has 0 heterocycles. The number of aliphatic hydroxyl groups is 1. The average Bonchev–Trinajstić information content (AvgIpc) is 3.44. The molecule has 0 aromatic heterocycles. The molecule has 0 amide bonds. The number of carbonyl (C=O) groups is 4. The van der Waals surface area contributed by atoms with Crippen LogP contribution in [0.3, 0.4) is 0 Å². The van der Waals surface area contributed by atoms with Crippen molar-refractivity contribution in [3.63, 3.8) is 0 Å². The Bertz CT molecular complexity index is 1570. The Morgan fingerprint density at radius 2 is 0.494 bits per heavy atom. The van der Waals surface area contributed by atoms with Crippen LogP contribution in [0.25, 0.3) is 0 Å². The van der Waals surface area contributed by atoms with Crippen LogP contribution in [-0.2, 0) is 65.4 Å². The lowest BCUT2D eigenvalue weighted by atomic mass is 10.0. The Labute approximate surface area is 492 Å². The summed E-state index contributed by atoms with van der Waals surface area (Å²) in [5.74, 6) is -2.15. The van der Waals surface area contributed by atoms with E-state index in [4.69, 9.17) is 37.0 Å². The highest BCUT2D eigenvalue weighted by atomic mass is 31.2. The molecule has 0 rings (SSSR count). The highest BCUT2D eigenvalue weighted by molar-refractivity contribution is 7.47. The minimum atomic E-state index is -4.94. The number of phosphoric acid groups is 2. The maximum atomic E-state index is 12.9. The summed E-state index contributed by atoms with van der Waals surface area (Å²) in [6, 6.07) is 0. The number of unbranched alkanes of at least 4 members (excludes halogenated alkanes) is 37. The van der Waals surface area contributed by atoms with Crippen molar-refractivity contribution in [2.45, 2.75) is 335 Å². The standard InChI is InChI=1S/C62H120O17P2/c1-5-9-13-17-20-22-23-24-25-26-27-28-29-30-31-32-34-37-41-45-49-62(67)79-58(53-73-60(65)47-43-39-36-33-21-18-14-10-6-2)55-77-81(70,71)75-51-56(63)50-74-80(68,69)76-54-57(52-72-59(64)46-42-38-16-12-8-4)78-61(66)48-44-40-35-19-15-11-7-3/h56-58,63H,5-55H2,1-4H3,(H,68,69)(H,70,71)/t56-,57+,58+/m0/s1. The van der Waals surface area contributed by atoms with Crippen LogP contribution in [0.1, 0.15) is 317 Å². The zero-order valence-corrected chi connectivity index (χ0v) is 53.5. The first kappa shape index (κ1) is 79.1. The van der Waals surface area contributed by atoms with Gasteiger partial charge in [-0.05, 0) is 25.7 Å². The van der Waals surface area contributed by atoms with Gasteiger partial charge in [-0.15, -0.1) is 0 Å². The Morgan fingerprint density at radius 3 is 0.728 bits per heavy atom. The topological polar surface area (TPSA) is 237 Å². The van der Waals surface area contributed by atoms with Crippen molar-refractivity contribution in [3.05, 3.63) is 0 Å². The summed E-state index contributed by atoms with van der Waals surface area (Å²) in [6.45, 7) is 4.73. The molecule has 0 aromatic rings. The van der Waals surface area contributed by atoms with Gasteiger partial charge in [0.2, 0.25) is 0 Å². The van der Waals surface area contributed by atoms with E-state index in [1.54, 1.807) is 0 Å². The second-order valence-electron chi connectivity index (χ2n) is 22.4. The number of aliphatic hydroxyl groups excluding tert-OH is 1. The van der Waals surface area contributed by atoms with Gasteiger partial charge in [0.15, 0.2) is 12.2 Å². The van der Waals surface area contributed by atoms with Gasteiger partial charge >= 0.3 is 39.5 Å². The Morgan fingerprint density at radius 1 is 0.296 bits per heavy atom. The second kappa shape index (κ2) is 57.2. The Hall–Kier alpha value is -1.94. The minimum Gasteiger partial charge on any atom is -0.462 e. The van der Waals surface area contributed by atoms with Gasteiger partial charge in [-0.3, -0.25) is 37.3 Å². The molecule has 0 fully saturated rings. The summed E-state index contributed by atoms with van der Waals surface area (Å²) in [4.78, 5) is 71.6. The van der Waals surface area contributed by atoms with E-state index in [2.05, 4.69) is 27.7 Å². The van der Waals surface area contributed by atoms with Crippen LogP contribution in [0.15, 0.2) is 0 Å². The van der Waals surface area contributed by atoms with Gasteiger partial charge in [0.1, 0.15) is 19.3 Å². The normalized spacial score (nSPS) is 14.2. The summed E-state index contributed by atoms with van der Waals surface area (Å²) >= 11 is 0. The van der Waals surface area contributed by atoms with Gasteiger partial charge in [0.05, 0.1) is 26.4 Å². The second-order valence-corrected chi connectivity index (χ2v) is 25.4. The van der Waals surface area contributed by atoms with E-state index < -0.39 is 97.5 Å². The zero-order valence-electron chi connectivity index (χ0n) is 51.7. The molecule has 17 nitrogen and oxygen atoms in total. The van der Waals surface area contributed by atoms with Gasteiger partial charge < -0.3 is 33.8 Å². The third-order valence-corrected chi connectivity index (χ3v) is 16.3. The molecular formula is C62H120O17P2. The van der Waals surface area contributed by atoms with Gasteiger partial charge in [-0.1, -0.05) is 265 Å². The number of rotatable bonds is 63. The van der Waals surface area contributed by atoms with Gasteiger partial charge in [-0.25, -0.2) is 9.13 Å². The molecule has 0 saturated carbocycles. The Kier molecular flexibility index (Phi) is 55.8. The molecule has 480 valence electrons. The molecule has 0 spiro atoms. The molecule has 0 aliphatic rings.